The van der Waals surface area contributed by atoms with Crippen molar-refractivity contribution in [2.24, 2.45) is 4.99 Å². The molecule has 0 N–H and O–H groups in total. The number of ether oxygens (including phenoxy) is 3. The lowest BCUT2D eigenvalue weighted by Gasteiger charge is -2.14. The highest BCUT2D eigenvalue weighted by Gasteiger charge is 2.67. The van der Waals surface area contributed by atoms with E-state index < -0.39 is 22.2 Å². The molecular formula is C20H20N2O5. The first-order valence-electron chi connectivity index (χ1n) is 8.66. The second-order valence-corrected chi connectivity index (χ2v) is 7.30. The van der Waals surface area contributed by atoms with Crippen LogP contribution in [0.3, 0.4) is 0 Å². The van der Waals surface area contributed by atoms with Gasteiger partial charge in [0, 0.05) is 6.07 Å². The molecule has 2 aromatic rings. The molecule has 1 saturated heterocycles. The minimum Gasteiger partial charge on any atom is -0.497 e. The topological polar surface area (TPSA) is 86.5 Å². The molecule has 0 amide bonds. The second kappa shape index (κ2) is 6.06. The van der Waals surface area contributed by atoms with E-state index in [0.717, 1.165) is 11.3 Å². The highest BCUT2D eigenvalue weighted by molar-refractivity contribution is 5.93. The van der Waals surface area contributed by atoms with E-state index in [0.29, 0.717) is 18.1 Å². The van der Waals surface area contributed by atoms with Gasteiger partial charge in [-0.3, -0.25) is 10.1 Å². The van der Waals surface area contributed by atoms with Gasteiger partial charge in [-0.2, -0.15) is 0 Å². The Balaban J connectivity index is 1.83. The smallest absolute Gasteiger partial charge is 0.276 e. The molecule has 2 heterocycles. The third-order valence-electron chi connectivity index (χ3n) is 4.82. The van der Waals surface area contributed by atoms with E-state index in [-0.39, 0.29) is 5.69 Å². The first kappa shape index (κ1) is 17.5. The van der Waals surface area contributed by atoms with Crippen LogP contribution in [0.15, 0.2) is 53.5 Å². The van der Waals surface area contributed by atoms with E-state index >= 15 is 0 Å². The zero-order valence-electron chi connectivity index (χ0n) is 15.3. The number of hydrogen-bond acceptors (Lipinski definition) is 6. The van der Waals surface area contributed by atoms with Crippen molar-refractivity contribution in [3.05, 3.63) is 69.8 Å². The van der Waals surface area contributed by atoms with Crippen LogP contribution in [0, 0.1) is 10.1 Å². The first-order valence-corrected chi connectivity index (χ1v) is 8.66. The molecular weight excluding hydrogens is 348 g/mol. The molecule has 0 aromatic heterocycles. The second-order valence-electron chi connectivity index (χ2n) is 7.30. The third-order valence-corrected chi connectivity index (χ3v) is 4.82. The Kier molecular flexibility index (Phi) is 3.92. The zero-order chi connectivity index (χ0) is 19.2. The zero-order valence-corrected chi connectivity index (χ0v) is 15.3. The molecule has 0 radical (unpaired) electrons. The number of nitrogens with zero attached hydrogens (tertiary/aromatic N) is 2. The van der Waals surface area contributed by atoms with Gasteiger partial charge in [0.2, 0.25) is 11.5 Å². The molecule has 0 saturated carbocycles. The number of benzene rings is 2. The molecule has 0 aliphatic carbocycles. The Morgan fingerprint density at radius 3 is 2.48 bits per heavy atom. The van der Waals surface area contributed by atoms with Crippen molar-refractivity contribution in [2.75, 3.05) is 13.7 Å². The molecule has 2 aromatic carbocycles. The first-order chi connectivity index (χ1) is 12.9. The van der Waals surface area contributed by atoms with Crippen molar-refractivity contribution in [1.82, 2.24) is 0 Å². The summed E-state index contributed by atoms with van der Waals surface area (Å²) in [5.74, 6) is 1.12. The van der Waals surface area contributed by atoms with E-state index in [1.807, 2.05) is 38.1 Å². The molecule has 140 valence electrons. The summed E-state index contributed by atoms with van der Waals surface area (Å²) in [7, 11) is 1.60. The molecule has 1 fully saturated rings. The molecule has 0 unspecified atom stereocenters. The number of aliphatic imine (C=N–C) groups is 1. The molecule has 0 spiro atoms. The van der Waals surface area contributed by atoms with Crippen molar-refractivity contribution in [1.29, 1.82) is 0 Å². The molecule has 7 heteroatoms. The van der Waals surface area contributed by atoms with Crippen LogP contribution in [0.1, 0.15) is 31.1 Å². The van der Waals surface area contributed by atoms with Crippen molar-refractivity contribution in [3.8, 4) is 5.75 Å². The summed E-state index contributed by atoms with van der Waals surface area (Å²) >= 11 is 0. The number of hydrogen-bond donors (Lipinski definition) is 0. The lowest BCUT2D eigenvalue weighted by molar-refractivity contribution is -0.385. The summed E-state index contributed by atoms with van der Waals surface area (Å²) in [6.45, 7) is 4.32. The van der Waals surface area contributed by atoms with E-state index in [2.05, 4.69) is 4.99 Å². The van der Waals surface area contributed by atoms with Gasteiger partial charge < -0.3 is 14.2 Å². The minimum atomic E-state index is -1.09. The number of rotatable bonds is 5. The molecule has 2 aliphatic heterocycles. The number of methoxy groups -OCH3 is 1. The summed E-state index contributed by atoms with van der Waals surface area (Å²) in [5.41, 5.74) is -0.171. The Morgan fingerprint density at radius 1 is 1.19 bits per heavy atom. The number of nitro benzene ring substituents is 1. The van der Waals surface area contributed by atoms with Crippen molar-refractivity contribution in [3.63, 3.8) is 0 Å². The molecule has 0 bridgehead atoms. The summed E-state index contributed by atoms with van der Waals surface area (Å²) < 4.78 is 17.2. The SMILES string of the molecule is COc1ccc([C@H]2O[C@@]2(C2=NC(C)(C)CO2)c2ccccc2[N+](=O)[O-])cc1. The van der Waals surface area contributed by atoms with Gasteiger partial charge in [0.05, 0.1) is 23.1 Å². The Hall–Kier alpha value is -2.93. The summed E-state index contributed by atoms with van der Waals surface area (Å²) in [4.78, 5) is 15.9. The molecule has 2 atom stereocenters. The standard InChI is InChI=1S/C20H20N2O5/c1-19(2)12-26-18(21-19)20(15-6-4-5-7-16(15)22(23)24)17(27-20)13-8-10-14(25-3)11-9-13/h4-11,17H,12H2,1-3H3/t17-,20+/m1/s1. The summed E-state index contributed by atoms with van der Waals surface area (Å²) in [5, 5.41) is 11.6. The average molecular weight is 368 g/mol. The highest BCUT2D eigenvalue weighted by atomic mass is 16.6. The maximum Gasteiger partial charge on any atom is 0.276 e. The van der Waals surface area contributed by atoms with E-state index in [1.54, 1.807) is 25.3 Å². The van der Waals surface area contributed by atoms with Gasteiger partial charge in [-0.15, -0.1) is 0 Å². The third kappa shape index (κ3) is 2.84. The fourth-order valence-corrected chi connectivity index (χ4v) is 3.44. The van der Waals surface area contributed by atoms with Gasteiger partial charge in [0.25, 0.3) is 5.69 Å². The van der Waals surface area contributed by atoms with Crippen LogP contribution in [-0.2, 0) is 15.1 Å². The highest BCUT2D eigenvalue weighted by Crippen LogP contribution is 2.61. The van der Waals surface area contributed by atoms with Crippen molar-refractivity contribution < 1.29 is 19.1 Å². The van der Waals surface area contributed by atoms with Gasteiger partial charge in [-0.05, 0) is 37.6 Å². The Bertz CT molecular complexity index is 922. The van der Waals surface area contributed by atoms with Gasteiger partial charge in [-0.1, -0.05) is 24.3 Å². The normalized spacial score (nSPS) is 25.4. The van der Waals surface area contributed by atoms with Gasteiger partial charge >= 0.3 is 0 Å². The molecule has 7 nitrogen and oxygen atoms in total. The number of epoxide rings is 1. The van der Waals surface area contributed by atoms with Crippen LogP contribution in [0.5, 0.6) is 5.75 Å². The van der Waals surface area contributed by atoms with Crippen LogP contribution >= 0.6 is 0 Å². The van der Waals surface area contributed by atoms with E-state index in [1.165, 1.54) is 6.07 Å². The molecule has 4 rings (SSSR count). The van der Waals surface area contributed by atoms with E-state index in [9.17, 15) is 10.1 Å². The Labute approximate surface area is 156 Å². The maximum absolute atomic E-state index is 11.6. The van der Waals surface area contributed by atoms with Crippen LogP contribution in [0.4, 0.5) is 5.69 Å². The number of nitro groups is 1. The molecule has 27 heavy (non-hydrogen) atoms. The Morgan fingerprint density at radius 2 is 1.89 bits per heavy atom. The largest absolute Gasteiger partial charge is 0.497 e. The average Bonchev–Trinajstić information content (AvgIpc) is 3.32. The van der Waals surface area contributed by atoms with Crippen LogP contribution in [0.25, 0.3) is 0 Å². The van der Waals surface area contributed by atoms with E-state index in [4.69, 9.17) is 14.2 Å². The minimum absolute atomic E-state index is 0.00971. The summed E-state index contributed by atoms with van der Waals surface area (Å²) in [6.07, 6.45) is -0.419. The van der Waals surface area contributed by atoms with Crippen LogP contribution in [-0.4, -0.2) is 30.1 Å². The van der Waals surface area contributed by atoms with Gasteiger partial charge in [0.1, 0.15) is 18.5 Å². The summed E-state index contributed by atoms with van der Waals surface area (Å²) in [6, 6.07) is 14.0. The van der Waals surface area contributed by atoms with Crippen LogP contribution in [0.2, 0.25) is 0 Å². The lowest BCUT2D eigenvalue weighted by atomic mass is 9.90. The van der Waals surface area contributed by atoms with Crippen molar-refractivity contribution >= 4 is 11.6 Å². The van der Waals surface area contributed by atoms with Crippen LogP contribution < -0.4 is 4.74 Å². The number of para-hydroxylation sites is 1. The lowest BCUT2D eigenvalue weighted by Crippen LogP contribution is -2.24. The monoisotopic (exact) mass is 368 g/mol. The maximum atomic E-state index is 11.6. The van der Waals surface area contributed by atoms with Crippen molar-refractivity contribution in [2.45, 2.75) is 31.1 Å². The fraction of sp³-hybridized carbons (Fsp3) is 0.350. The van der Waals surface area contributed by atoms with Gasteiger partial charge in [-0.25, -0.2) is 4.99 Å². The predicted molar refractivity (Wildman–Crippen MR) is 99.1 cm³/mol. The van der Waals surface area contributed by atoms with Gasteiger partial charge in [0.15, 0.2) is 0 Å². The fourth-order valence-electron chi connectivity index (χ4n) is 3.44. The quantitative estimate of drug-likeness (QED) is 0.455. The molecule has 2 aliphatic rings. The predicted octanol–water partition coefficient (Wildman–Crippen LogP) is 3.78.